The molecule has 0 saturated heterocycles. The number of rotatable bonds is 3. The van der Waals surface area contributed by atoms with Gasteiger partial charge in [-0.15, -0.1) is 10.2 Å². The molecule has 0 unspecified atom stereocenters. The van der Waals surface area contributed by atoms with E-state index in [-0.39, 0.29) is 0 Å². The average molecular weight is 328 g/mol. The van der Waals surface area contributed by atoms with Gasteiger partial charge in [-0.05, 0) is 43.9 Å². The Hall–Kier alpha value is -0.380. The van der Waals surface area contributed by atoms with Crippen LogP contribution in [0.15, 0.2) is 0 Å². The van der Waals surface area contributed by atoms with Crippen molar-refractivity contribution in [3.63, 3.8) is 0 Å². The minimum atomic E-state index is 0.449. The molecule has 19 heavy (non-hydrogen) atoms. The number of nitrogens with zero attached hydrogens (tertiary/aromatic N) is 3. The highest BCUT2D eigenvalue weighted by atomic mass is 79.9. The highest BCUT2D eigenvalue weighted by molar-refractivity contribution is 9.08. The van der Waals surface area contributed by atoms with E-state index in [1.54, 1.807) is 0 Å². The molecule has 1 heterocycles. The summed E-state index contributed by atoms with van der Waals surface area (Å²) in [5, 5.41) is 9.56. The zero-order chi connectivity index (χ0) is 14.0. The van der Waals surface area contributed by atoms with Crippen molar-refractivity contribution in [1.29, 1.82) is 0 Å². The third-order valence-corrected chi connectivity index (χ3v) is 5.11. The molecule has 3 nitrogen and oxygen atoms in total. The van der Waals surface area contributed by atoms with Crippen LogP contribution in [-0.4, -0.2) is 14.8 Å². The van der Waals surface area contributed by atoms with E-state index in [0.717, 1.165) is 23.6 Å². The van der Waals surface area contributed by atoms with Gasteiger partial charge >= 0.3 is 0 Å². The molecule has 0 atom stereocenters. The van der Waals surface area contributed by atoms with Crippen molar-refractivity contribution in [3.05, 3.63) is 11.6 Å². The summed E-state index contributed by atoms with van der Waals surface area (Å²) in [6.45, 7) is 10.3. The molecular weight excluding hydrogens is 302 g/mol. The number of hydrogen-bond donors (Lipinski definition) is 0. The van der Waals surface area contributed by atoms with Crippen LogP contribution in [0.1, 0.15) is 70.9 Å². The fraction of sp³-hybridized carbons (Fsp3) is 0.867. The molecule has 0 aromatic carbocycles. The fourth-order valence-electron chi connectivity index (χ4n) is 3.31. The first-order chi connectivity index (χ1) is 8.97. The molecule has 1 aliphatic rings. The molecule has 2 rings (SSSR count). The third-order valence-electron chi connectivity index (χ3n) is 4.61. The lowest BCUT2D eigenvalue weighted by Gasteiger charge is -2.36. The van der Waals surface area contributed by atoms with Gasteiger partial charge in [0.2, 0.25) is 0 Å². The van der Waals surface area contributed by atoms with Gasteiger partial charge in [0.25, 0.3) is 0 Å². The Morgan fingerprint density at radius 1 is 1.16 bits per heavy atom. The predicted octanol–water partition coefficient (Wildman–Crippen LogP) is 4.51. The van der Waals surface area contributed by atoms with Gasteiger partial charge in [-0.1, -0.05) is 36.7 Å². The summed E-state index contributed by atoms with van der Waals surface area (Å²) in [6, 6.07) is 0. The summed E-state index contributed by atoms with van der Waals surface area (Å²) in [5.74, 6) is 3.75. The van der Waals surface area contributed by atoms with E-state index in [0.29, 0.717) is 11.3 Å². The summed E-state index contributed by atoms with van der Waals surface area (Å²) >= 11 is 3.50. The minimum absolute atomic E-state index is 0.449. The van der Waals surface area contributed by atoms with Crippen LogP contribution in [0.4, 0.5) is 0 Å². The van der Waals surface area contributed by atoms with Gasteiger partial charge in [0.05, 0.1) is 5.33 Å². The summed E-state index contributed by atoms with van der Waals surface area (Å²) in [4.78, 5) is 0. The number of halogens is 1. The first kappa shape index (κ1) is 15.0. The van der Waals surface area contributed by atoms with Crippen LogP contribution in [0.5, 0.6) is 0 Å². The highest BCUT2D eigenvalue weighted by Crippen LogP contribution is 2.42. The Balaban J connectivity index is 2.08. The molecule has 1 aliphatic carbocycles. The van der Waals surface area contributed by atoms with Gasteiger partial charge < -0.3 is 4.57 Å². The number of hydrogen-bond acceptors (Lipinski definition) is 2. The fourth-order valence-corrected chi connectivity index (χ4v) is 3.73. The maximum absolute atomic E-state index is 4.45. The Morgan fingerprint density at radius 3 is 2.26 bits per heavy atom. The SMILES string of the molecule is CCn1c(CBr)nnc1C1CCC(C(C)(C)C)CC1. The molecule has 1 fully saturated rings. The lowest BCUT2D eigenvalue weighted by atomic mass is 9.69. The highest BCUT2D eigenvalue weighted by Gasteiger charge is 2.32. The van der Waals surface area contributed by atoms with Crippen molar-refractivity contribution in [2.45, 2.75) is 71.2 Å². The maximum Gasteiger partial charge on any atom is 0.143 e. The van der Waals surface area contributed by atoms with E-state index < -0.39 is 0 Å². The average Bonchev–Trinajstić information content (AvgIpc) is 2.80. The second kappa shape index (κ2) is 5.94. The molecule has 0 N–H and O–H groups in total. The zero-order valence-electron chi connectivity index (χ0n) is 12.6. The number of aromatic nitrogens is 3. The second-order valence-electron chi connectivity index (χ2n) is 6.77. The van der Waals surface area contributed by atoms with Crippen molar-refractivity contribution < 1.29 is 0 Å². The standard InChI is InChI=1S/C15H26BrN3/c1-5-19-13(10-16)17-18-14(19)11-6-8-12(9-7-11)15(2,3)4/h11-12H,5-10H2,1-4H3. The molecule has 0 radical (unpaired) electrons. The lowest BCUT2D eigenvalue weighted by Crippen LogP contribution is -2.26. The summed E-state index contributed by atoms with van der Waals surface area (Å²) in [7, 11) is 0. The van der Waals surface area contributed by atoms with Crippen LogP contribution in [0.2, 0.25) is 0 Å². The van der Waals surface area contributed by atoms with Crippen molar-refractivity contribution in [3.8, 4) is 0 Å². The normalized spacial score (nSPS) is 24.7. The molecule has 4 heteroatoms. The Morgan fingerprint density at radius 2 is 1.79 bits per heavy atom. The summed E-state index contributed by atoms with van der Waals surface area (Å²) in [6.07, 6.45) is 5.19. The van der Waals surface area contributed by atoms with Gasteiger partial charge in [0, 0.05) is 12.5 Å². The van der Waals surface area contributed by atoms with Gasteiger partial charge in [-0.3, -0.25) is 0 Å². The molecule has 0 bridgehead atoms. The van der Waals surface area contributed by atoms with Gasteiger partial charge in [-0.25, -0.2) is 0 Å². The van der Waals surface area contributed by atoms with Crippen LogP contribution in [0, 0.1) is 11.3 Å². The molecule has 1 saturated carbocycles. The summed E-state index contributed by atoms with van der Waals surface area (Å²) < 4.78 is 2.29. The van der Waals surface area contributed by atoms with Crippen molar-refractivity contribution >= 4 is 15.9 Å². The maximum atomic E-state index is 4.45. The van der Waals surface area contributed by atoms with Gasteiger partial charge in [0.15, 0.2) is 0 Å². The molecule has 0 aliphatic heterocycles. The van der Waals surface area contributed by atoms with E-state index in [9.17, 15) is 0 Å². The predicted molar refractivity (Wildman–Crippen MR) is 82.5 cm³/mol. The van der Waals surface area contributed by atoms with Gasteiger partial charge in [-0.2, -0.15) is 0 Å². The van der Waals surface area contributed by atoms with Crippen LogP contribution in [0.3, 0.4) is 0 Å². The van der Waals surface area contributed by atoms with Crippen molar-refractivity contribution in [2.24, 2.45) is 11.3 Å². The quantitative estimate of drug-likeness (QED) is 0.764. The van der Waals surface area contributed by atoms with Crippen molar-refractivity contribution in [2.75, 3.05) is 0 Å². The first-order valence-corrected chi connectivity index (χ1v) is 8.57. The van der Waals surface area contributed by atoms with Gasteiger partial charge in [0.1, 0.15) is 11.6 Å². The topological polar surface area (TPSA) is 30.7 Å². The van der Waals surface area contributed by atoms with E-state index in [1.807, 2.05) is 0 Å². The molecule has 0 amide bonds. The molecular formula is C15H26BrN3. The van der Waals surface area contributed by atoms with E-state index in [4.69, 9.17) is 0 Å². The Labute approximate surface area is 125 Å². The van der Waals surface area contributed by atoms with Crippen molar-refractivity contribution in [1.82, 2.24) is 14.8 Å². The molecule has 108 valence electrons. The van der Waals surface area contributed by atoms with E-state index >= 15 is 0 Å². The second-order valence-corrected chi connectivity index (χ2v) is 7.33. The number of alkyl halides is 1. The van der Waals surface area contributed by atoms with Crippen LogP contribution >= 0.6 is 15.9 Å². The van der Waals surface area contributed by atoms with Crippen LogP contribution in [-0.2, 0) is 11.9 Å². The smallest absolute Gasteiger partial charge is 0.143 e. The minimum Gasteiger partial charge on any atom is -0.314 e. The first-order valence-electron chi connectivity index (χ1n) is 7.45. The van der Waals surface area contributed by atoms with Crippen LogP contribution in [0.25, 0.3) is 0 Å². The van der Waals surface area contributed by atoms with E-state index in [1.165, 1.54) is 31.5 Å². The lowest BCUT2D eigenvalue weighted by molar-refractivity contribution is 0.166. The Bertz CT molecular complexity index is 412. The molecule has 0 spiro atoms. The molecule has 1 aromatic rings. The molecule has 1 aromatic heterocycles. The van der Waals surface area contributed by atoms with Crippen LogP contribution < -0.4 is 0 Å². The summed E-state index contributed by atoms with van der Waals surface area (Å²) in [5.41, 5.74) is 0.449. The Kier molecular flexibility index (Phi) is 4.70. The third kappa shape index (κ3) is 3.21. The zero-order valence-corrected chi connectivity index (χ0v) is 14.2. The monoisotopic (exact) mass is 327 g/mol. The van der Waals surface area contributed by atoms with E-state index in [2.05, 4.69) is 58.4 Å². The largest absolute Gasteiger partial charge is 0.314 e.